The number of nitrogens with one attached hydrogen (secondary N) is 1. The summed E-state index contributed by atoms with van der Waals surface area (Å²) in [6, 6.07) is 2.19. The number of unbranched alkanes of at least 4 members (excludes halogenated alkanes) is 1. The van der Waals surface area contributed by atoms with Crippen molar-refractivity contribution < 1.29 is 9.53 Å². The van der Waals surface area contributed by atoms with Gasteiger partial charge in [-0.15, -0.1) is 0 Å². The van der Waals surface area contributed by atoms with Gasteiger partial charge in [-0.3, -0.25) is 4.79 Å². The van der Waals surface area contributed by atoms with E-state index in [2.05, 4.69) is 32.2 Å². The number of Topliss-reactive ketones (excluding diaryl/α,β-unsaturated/α-hetero) is 1. The predicted octanol–water partition coefficient (Wildman–Crippen LogP) is 5.45. The van der Waals surface area contributed by atoms with Crippen LogP contribution in [0.1, 0.15) is 85.5 Å². The third-order valence-electron chi connectivity index (χ3n) is 5.22. The molecule has 2 atom stereocenters. The number of hydrogen-bond donors (Lipinski definition) is 1. The third kappa shape index (κ3) is 9.24. The Morgan fingerprint density at radius 1 is 1.26 bits per heavy atom. The molecule has 0 aliphatic heterocycles. The van der Waals surface area contributed by atoms with Crippen LogP contribution in [-0.2, 0) is 9.53 Å². The molecular weight excluding hydrogens is 336 g/mol. The highest BCUT2D eigenvalue weighted by molar-refractivity contribution is 6.00. The third-order valence-corrected chi connectivity index (χ3v) is 5.22. The van der Waals surface area contributed by atoms with Gasteiger partial charge >= 0.3 is 0 Å². The molecule has 4 heteroatoms. The first-order valence-electron chi connectivity index (χ1n) is 10.7. The fraction of sp³-hybridized carbons (Fsp3) is 0.739. The first kappa shape index (κ1) is 23.4. The molecule has 0 heterocycles. The van der Waals surface area contributed by atoms with E-state index in [1.807, 2.05) is 13.0 Å². The summed E-state index contributed by atoms with van der Waals surface area (Å²) in [7, 11) is 0. The van der Waals surface area contributed by atoms with Crippen LogP contribution in [0.25, 0.3) is 0 Å². The van der Waals surface area contributed by atoms with Crippen LogP contribution < -0.4 is 5.32 Å². The van der Waals surface area contributed by atoms with Crippen molar-refractivity contribution in [2.75, 3.05) is 13.2 Å². The standard InChI is InChI=1S/C23H38N2O2/c1-5-7-15-25-21-10-8-9-20(16-21)22(17-24)23(26)14-12-18(3)11-13-19(4)27-6-2/h16,18-19,25H,5-15H2,1-4H3/b22-20-. The van der Waals surface area contributed by atoms with Gasteiger partial charge in [0, 0.05) is 25.3 Å². The first-order chi connectivity index (χ1) is 13.0. The second-order valence-corrected chi connectivity index (χ2v) is 7.73. The Balaban J connectivity index is 2.58. The van der Waals surface area contributed by atoms with Gasteiger partial charge in [0.05, 0.1) is 11.7 Å². The van der Waals surface area contributed by atoms with Crippen molar-refractivity contribution in [2.45, 2.75) is 91.6 Å². The first-order valence-corrected chi connectivity index (χ1v) is 10.7. The average Bonchev–Trinajstić information content (AvgIpc) is 2.66. The highest BCUT2D eigenvalue weighted by atomic mass is 16.5. The Hall–Kier alpha value is -1.60. The lowest BCUT2D eigenvalue weighted by Gasteiger charge is -2.18. The Morgan fingerprint density at radius 3 is 2.70 bits per heavy atom. The van der Waals surface area contributed by atoms with Crippen molar-refractivity contribution in [3.8, 4) is 6.07 Å². The minimum atomic E-state index is 0.00302. The molecule has 1 N–H and O–H groups in total. The number of ketones is 1. The lowest BCUT2D eigenvalue weighted by molar-refractivity contribution is -0.115. The molecule has 0 saturated carbocycles. The number of rotatable bonds is 13. The normalized spacial score (nSPS) is 18.3. The number of nitrogens with zero attached hydrogens (tertiary/aromatic N) is 1. The van der Waals surface area contributed by atoms with Crippen LogP contribution in [0.15, 0.2) is 22.9 Å². The summed E-state index contributed by atoms with van der Waals surface area (Å²) in [4.78, 5) is 12.6. The fourth-order valence-corrected chi connectivity index (χ4v) is 3.43. The van der Waals surface area contributed by atoms with Crippen LogP contribution in [-0.4, -0.2) is 25.0 Å². The molecule has 1 aliphatic carbocycles. The van der Waals surface area contributed by atoms with E-state index in [4.69, 9.17) is 4.74 Å². The molecule has 0 fully saturated rings. The Labute approximate surface area is 166 Å². The zero-order chi connectivity index (χ0) is 20.1. The number of nitriles is 1. The van der Waals surface area contributed by atoms with Gasteiger partial charge in [-0.25, -0.2) is 0 Å². The Kier molecular flexibility index (Phi) is 11.8. The molecule has 1 aliphatic rings. The highest BCUT2D eigenvalue weighted by Gasteiger charge is 2.18. The van der Waals surface area contributed by atoms with E-state index in [-0.39, 0.29) is 11.9 Å². The molecule has 2 unspecified atom stereocenters. The van der Waals surface area contributed by atoms with Crippen molar-refractivity contribution in [3.05, 3.63) is 22.9 Å². The lowest BCUT2D eigenvalue weighted by atomic mass is 9.90. The summed E-state index contributed by atoms with van der Waals surface area (Å²) in [6.07, 6.45) is 10.8. The molecule has 0 bridgehead atoms. The maximum Gasteiger partial charge on any atom is 0.173 e. The Bertz CT molecular complexity index is 557. The van der Waals surface area contributed by atoms with E-state index in [0.717, 1.165) is 70.1 Å². The molecule has 4 nitrogen and oxygen atoms in total. The molecule has 0 aromatic carbocycles. The van der Waals surface area contributed by atoms with Gasteiger partial charge in [-0.2, -0.15) is 5.26 Å². The zero-order valence-electron chi connectivity index (χ0n) is 17.8. The van der Waals surface area contributed by atoms with E-state index < -0.39 is 0 Å². The van der Waals surface area contributed by atoms with Gasteiger partial charge in [0.1, 0.15) is 6.07 Å². The molecule has 0 saturated heterocycles. The lowest BCUT2D eigenvalue weighted by Crippen LogP contribution is -2.18. The largest absolute Gasteiger partial charge is 0.388 e. The van der Waals surface area contributed by atoms with Gasteiger partial charge in [0.15, 0.2) is 5.78 Å². The van der Waals surface area contributed by atoms with Crippen molar-refractivity contribution in [1.82, 2.24) is 5.32 Å². The Morgan fingerprint density at radius 2 is 2.04 bits per heavy atom. The topological polar surface area (TPSA) is 62.1 Å². The van der Waals surface area contributed by atoms with Crippen molar-refractivity contribution in [2.24, 2.45) is 5.92 Å². The number of carbonyl (C=O) groups excluding carboxylic acids is 1. The molecule has 0 amide bonds. The molecule has 152 valence electrons. The SMILES string of the molecule is CCCCNC1=C/C(=C(/C#N)C(=O)CCC(C)CCC(C)OCC)CCC1. The van der Waals surface area contributed by atoms with Gasteiger partial charge in [-0.05, 0) is 76.4 Å². The summed E-state index contributed by atoms with van der Waals surface area (Å²) >= 11 is 0. The quantitative estimate of drug-likeness (QED) is 0.264. The molecule has 27 heavy (non-hydrogen) atoms. The maximum atomic E-state index is 12.6. The van der Waals surface area contributed by atoms with E-state index >= 15 is 0 Å². The molecule has 0 radical (unpaired) electrons. The summed E-state index contributed by atoms with van der Waals surface area (Å²) in [5, 5.41) is 13.0. The zero-order valence-corrected chi connectivity index (χ0v) is 17.8. The summed E-state index contributed by atoms with van der Waals surface area (Å²) < 4.78 is 5.57. The van der Waals surface area contributed by atoms with Crippen LogP contribution in [0, 0.1) is 17.2 Å². The van der Waals surface area contributed by atoms with Crippen LogP contribution in [0.2, 0.25) is 0 Å². The molecule has 0 spiro atoms. The van der Waals surface area contributed by atoms with E-state index in [1.165, 1.54) is 5.70 Å². The second kappa shape index (κ2) is 13.6. The van der Waals surface area contributed by atoms with Gasteiger partial charge in [0.25, 0.3) is 0 Å². The van der Waals surface area contributed by atoms with Crippen LogP contribution in [0.3, 0.4) is 0 Å². The van der Waals surface area contributed by atoms with Gasteiger partial charge < -0.3 is 10.1 Å². The number of ether oxygens (including phenoxy) is 1. The molecule has 0 aromatic rings. The number of hydrogen-bond acceptors (Lipinski definition) is 4. The molecule has 1 rings (SSSR count). The van der Waals surface area contributed by atoms with E-state index in [0.29, 0.717) is 17.9 Å². The summed E-state index contributed by atoms with van der Waals surface area (Å²) in [5.41, 5.74) is 2.47. The number of allylic oxidation sites excluding steroid dienone is 4. The van der Waals surface area contributed by atoms with Gasteiger partial charge in [-0.1, -0.05) is 20.3 Å². The average molecular weight is 375 g/mol. The van der Waals surface area contributed by atoms with Crippen LogP contribution >= 0.6 is 0 Å². The van der Waals surface area contributed by atoms with Crippen LogP contribution in [0.5, 0.6) is 0 Å². The summed E-state index contributed by atoms with van der Waals surface area (Å²) in [6.45, 7) is 10.2. The van der Waals surface area contributed by atoms with Crippen molar-refractivity contribution in [1.29, 1.82) is 5.26 Å². The van der Waals surface area contributed by atoms with Crippen LogP contribution in [0.4, 0.5) is 0 Å². The van der Waals surface area contributed by atoms with Crippen molar-refractivity contribution in [3.63, 3.8) is 0 Å². The predicted molar refractivity (Wildman–Crippen MR) is 111 cm³/mol. The van der Waals surface area contributed by atoms with E-state index in [9.17, 15) is 10.1 Å². The molecule has 0 aromatic heterocycles. The monoisotopic (exact) mass is 374 g/mol. The van der Waals surface area contributed by atoms with E-state index in [1.54, 1.807) is 0 Å². The summed E-state index contributed by atoms with van der Waals surface area (Å²) in [5.74, 6) is 0.471. The minimum Gasteiger partial charge on any atom is -0.388 e. The minimum absolute atomic E-state index is 0.00302. The maximum absolute atomic E-state index is 12.6. The van der Waals surface area contributed by atoms with Gasteiger partial charge in [0.2, 0.25) is 0 Å². The second-order valence-electron chi connectivity index (χ2n) is 7.73. The number of carbonyl (C=O) groups is 1. The fourth-order valence-electron chi connectivity index (χ4n) is 3.43. The smallest absolute Gasteiger partial charge is 0.173 e. The highest BCUT2D eigenvalue weighted by Crippen LogP contribution is 2.25. The van der Waals surface area contributed by atoms with Crippen molar-refractivity contribution >= 4 is 5.78 Å². The molecular formula is C23H38N2O2.